The van der Waals surface area contributed by atoms with Crippen LogP contribution in [0.2, 0.25) is 0 Å². The van der Waals surface area contributed by atoms with Crippen molar-refractivity contribution in [1.29, 1.82) is 0 Å². The zero-order chi connectivity index (χ0) is 9.26. The smallest absolute Gasteiger partial charge is 0.347 e. The summed E-state index contributed by atoms with van der Waals surface area (Å²) in [4.78, 5) is 14.8. The Hall–Kier alpha value is -1.27. The van der Waals surface area contributed by atoms with E-state index in [1.165, 1.54) is 17.4 Å². The molecular formula is C7H4N2O2S2. The lowest BCUT2D eigenvalue weighted by atomic mass is 10.3. The lowest BCUT2D eigenvalue weighted by molar-refractivity contribution is 0.0702. The average molecular weight is 212 g/mol. The van der Waals surface area contributed by atoms with E-state index in [-0.39, 0.29) is 4.88 Å². The van der Waals surface area contributed by atoms with E-state index < -0.39 is 5.97 Å². The molecule has 6 heteroatoms. The van der Waals surface area contributed by atoms with Crippen molar-refractivity contribution < 1.29 is 9.90 Å². The molecule has 0 saturated heterocycles. The Labute approximate surface area is 81.7 Å². The van der Waals surface area contributed by atoms with Gasteiger partial charge >= 0.3 is 5.97 Å². The Balaban J connectivity index is 2.39. The SMILES string of the molecule is O=C(O)c1cc(-c2cscn2)ns1. The first-order valence-corrected chi connectivity index (χ1v) is 5.07. The van der Waals surface area contributed by atoms with Gasteiger partial charge in [-0.3, -0.25) is 0 Å². The van der Waals surface area contributed by atoms with Gasteiger partial charge in [0.1, 0.15) is 16.3 Å². The predicted octanol–water partition coefficient (Wildman–Crippen LogP) is 1.96. The molecule has 13 heavy (non-hydrogen) atoms. The van der Waals surface area contributed by atoms with Crippen LogP contribution in [0.5, 0.6) is 0 Å². The molecule has 2 aromatic rings. The maximum atomic E-state index is 10.5. The van der Waals surface area contributed by atoms with Gasteiger partial charge in [0.25, 0.3) is 0 Å². The Morgan fingerprint density at radius 1 is 1.46 bits per heavy atom. The lowest BCUT2D eigenvalue weighted by Gasteiger charge is -1.83. The van der Waals surface area contributed by atoms with E-state index in [1.54, 1.807) is 5.51 Å². The van der Waals surface area contributed by atoms with Gasteiger partial charge in [0.05, 0.1) is 5.51 Å². The summed E-state index contributed by atoms with van der Waals surface area (Å²) < 4.78 is 3.98. The summed E-state index contributed by atoms with van der Waals surface area (Å²) in [5.74, 6) is -0.945. The second-order valence-corrected chi connectivity index (χ2v) is 3.78. The lowest BCUT2D eigenvalue weighted by Crippen LogP contribution is -1.89. The van der Waals surface area contributed by atoms with E-state index in [0.29, 0.717) is 5.69 Å². The fourth-order valence-electron chi connectivity index (χ4n) is 0.836. The zero-order valence-electron chi connectivity index (χ0n) is 6.30. The topological polar surface area (TPSA) is 63.1 Å². The predicted molar refractivity (Wildman–Crippen MR) is 50.2 cm³/mol. The summed E-state index contributed by atoms with van der Waals surface area (Å²) in [7, 11) is 0. The molecule has 0 aromatic carbocycles. The third-order valence-electron chi connectivity index (χ3n) is 1.42. The summed E-state index contributed by atoms with van der Waals surface area (Å²) in [6.45, 7) is 0. The number of hydrogen-bond acceptors (Lipinski definition) is 5. The average Bonchev–Trinajstić information content (AvgIpc) is 2.75. The fraction of sp³-hybridized carbons (Fsp3) is 0. The number of aromatic nitrogens is 2. The second-order valence-electron chi connectivity index (χ2n) is 2.26. The van der Waals surface area contributed by atoms with Crippen LogP contribution in [0.4, 0.5) is 0 Å². The Morgan fingerprint density at radius 3 is 2.85 bits per heavy atom. The van der Waals surface area contributed by atoms with Crippen LogP contribution in [0.1, 0.15) is 9.67 Å². The quantitative estimate of drug-likeness (QED) is 0.826. The number of thiazole rings is 1. The van der Waals surface area contributed by atoms with Gasteiger partial charge in [0.2, 0.25) is 0 Å². The van der Waals surface area contributed by atoms with Crippen LogP contribution >= 0.6 is 22.9 Å². The van der Waals surface area contributed by atoms with E-state index in [9.17, 15) is 4.79 Å². The van der Waals surface area contributed by atoms with Gasteiger partial charge < -0.3 is 5.11 Å². The molecule has 1 N–H and O–H groups in total. The summed E-state index contributed by atoms with van der Waals surface area (Å²) in [6, 6.07) is 1.53. The molecule has 0 fully saturated rings. The molecule has 4 nitrogen and oxygen atoms in total. The fourth-order valence-corrected chi connectivity index (χ4v) is 1.97. The zero-order valence-corrected chi connectivity index (χ0v) is 7.93. The van der Waals surface area contributed by atoms with Crippen LogP contribution in [0, 0.1) is 0 Å². The molecule has 0 bridgehead atoms. The van der Waals surface area contributed by atoms with Gasteiger partial charge in [0, 0.05) is 5.38 Å². The Kier molecular flexibility index (Phi) is 2.07. The summed E-state index contributed by atoms with van der Waals surface area (Å²) >= 11 is 2.43. The molecule has 2 heterocycles. The van der Waals surface area contributed by atoms with Crippen molar-refractivity contribution in [2.24, 2.45) is 0 Å². The number of nitrogens with zero attached hydrogens (tertiary/aromatic N) is 2. The molecule has 0 atom stereocenters. The third-order valence-corrected chi connectivity index (χ3v) is 2.78. The molecule has 0 aliphatic rings. The van der Waals surface area contributed by atoms with Crippen LogP contribution in [-0.4, -0.2) is 20.4 Å². The van der Waals surface area contributed by atoms with Crippen LogP contribution in [0.3, 0.4) is 0 Å². The summed E-state index contributed by atoms with van der Waals surface area (Å²) in [5, 5.41) is 10.5. The minimum Gasteiger partial charge on any atom is -0.477 e. The number of rotatable bonds is 2. The largest absolute Gasteiger partial charge is 0.477 e. The minimum atomic E-state index is -0.945. The molecule has 0 saturated carbocycles. The number of carboxylic acids is 1. The maximum absolute atomic E-state index is 10.5. The van der Waals surface area contributed by atoms with E-state index in [0.717, 1.165) is 17.2 Å². The number of hydrogen-bond donors (Lipinski definition) is 1. The van der Waals surface area contributed by atoms with Crippen molar-refractivity contribution >= 4 is 28.8 Å². The molecule has 66 valence electrons. The maximum Gasteiger partial charge on any atom is 0.347 e. The molecule has 0 unspecified atom stereocenters. The third kappa shape index (κ3) is 1.58. The van der Waals surface area contributed by atoms with Gasteiger partial charge in [-0.1, -0.05) is 0 Å². The van der Waals surface area contributed by atoms with Crippen molar-refractivity contribution in [3.63, 3.8) is 0 Å². The van der Waals surface area contributed by atoms with Gasteiger partial charge in [-0.25, -0.2) is 9.78 Å². The summed E-state index contributed by atoms with van der Waals surface area (Å²) in [6.07, 6.45) is 0. The monoisotopic (exact) mass is 212 g/mol. The Morgan fingerprint density at radius 2 is 2.31 bits per heavy atom. The van der Waals surface area contributed by atoms with E-state index >= 15 is 0 Å². The molecule has 0 aliphatic heterocycles. The molecule has 0 amide bonds. The van der Waals surface area contributed by atoms with Crippen molar-refractivity contribution in [3.8, 4) is 11.4 Å². The van der Waals surface area contributed by atoms with Crippen LogP contribution < -0.4 is 0 Å². The molecule has 2 aromatic heterocycles. The van der Waals surface area contributed by atoms with Crippen LogP contribution in [0.25, 0.3) is 11.4 Å². The van der Waals surface area contributed by atoms with Crippen LogP contribution in [0.15, 0.2) is 17.0 Å². The number of carbonyl (C=O) groups is 1. The number of carboxylic acid groups (broad SMARTS) is 1. The highest BCUT2D eigenvalue weighted by molar-refractivity contribution is 7.08. The van der Waals surface area contributed by atoms with Gasteiger partial charge in [0.15, 0.2) is 0 Å². The first-order chi connectivity index (χ1) is 6.27. The highest BCUT2D eigenvalue weighted by atomic mass is 32.1. The normalized spacial score (nSPS) is 10.2. The highest BCUT2D eigenvalue weighted by Gasteiger charge is 2.10. The van der Waals surface area contributed by atoms with Crippen molar-refractivity contribution in [3.05, 3.63) is 21.8 Å². The van der Waals surface area contributed by atoms with E-state index in [1.807, 2.05) is 5.38 Å². The highest BCUT2D eigenvalue weighted by Crippen LogP contribution is 2.21. The molecular weight excluding hydrogens is 208 g/mol. The molecule has 0 spiro atoms. The Bertz CT molecular complexity index is 421. The minimum absolute atomic E-state index is 0.239. The van der Waals surface area contributed by atoms with E-state index in [4.69, 9.17) is 5.11 Å². The summed E-state index contributed by atoms with van der Waals surface area (Å²) in [5.41, 5.74) is 3.05. The second kappa shape index (κ2) is 3.23. The van der Waals surface area contributed by atoms with Crippen molar-refractivity contribution in [2.45, 2.75) is 0 Å². The number of aromatic carboxylic acids is 1. The van der Waals surface area contributed by atoms with Gasteiger partial charge in [-0.2, -0.15) is 4.37 Å². The molecule has 0 aliphatic carbocycles. The standard InChI is InChI=1S/C7H4N2O2S2/c10-7(11)6-1-4(9-13-6)5-2-12-3-8-5/h1-3H,(H,10,11). The van der Waals surface area contributed by atoms with Crippen molar-refractivity contribution in [2.75, 3.05) is 0 Å². The molecule has 0 radical (unpaired) electrons. The van der Waals surface area contributed by atoms with Crippen molar-refractivity contribution in [1.82, 2.24) is 9.36 Å². The van der Waals surface area contributed by atoms with Gasteiger partial charge in [-0.15, -0.1) is 11.3 Å². The first-order valence-electron chi connectivity index (χ1n) is 3.36. The first kappa shape index (κ1) is 8.33. The van der Waals surface area contributed by atoms with Crippen LogP contribution in [-0.2, 0) is 0 Å². The van der Waals surface area contributed by atoms with E-state index in [2.05, 4.69) is 9.36 Å². The molecule has 2 rings (SSSR count). The van der Waals surface area contributed by atoms with Gasteiger partial charge in [-0.05, 0) is 17.6 Å².